The average Bonchev–Trinajstić information content (AvgIpc) is 3.86. The fraction of sp³-hybridized carbons (Fsp3) is 0.593. The Morgan fingerprint density at radius 3 is 2.43 bits per heavy atom. The Labute approximate surface area is 301 Å². The van der Waals surface area contributed by atoms with Gasteiger partial charge in [-0.05, 0) is 20.8 Å². The molecule has 0 aliphatic carbocycles. The van der Waals surface area contributed by atoms with Crippen molar-refractivity contribution >= 4 is 59.9 Å². The lowest BCUT2D eigenvalue weighted by Crippen LogP contribution is -2.36. The number of anilines is 1. The third-order valence-electron chi connectivity index (χ3n) is 8.36. The summed E-state index contributed by atoms with van der Waals surface area (Å²) in [5.41, 5.74) is 4.35. The molecular formula is C27H33F2N9O12P2S. The number of rotatable bonds is 5. The zero-order chi connectivity index (χ0) is 37.9. The van der Waals surface area contributed by atoms with Crippen LogP contribution in [0.5, 0.6) is 0 Å². The molecule has 7 heterocycles. The number of carbonyl (C=O) groups is 1. The highest BCUT2D eigenvalue weighted by atomic mass is 32.7. The minimum absolute atomic E-state index is 0.00928. The molecule has 3 fully saturated rings. The van der Waals surface area contributed by atoms with Crippen LogP contribution in [0.2, 0.25) is 0 Å². The first-order chi connectivity index (χ1) is 25.1. The Morgan fingerprint density at radius 2 is 1.68 bits per heavy atom. The maximum absolute atomic E-state index is 16.3. The first kappa shape index (κ1) is 37.9. The molecule has 3 aliphatic rings. The number of aromatic amines is 1. The molecule has 26 heteroatoms. The number of nitrogens with two attached hydrogens (primary N) is 1. The van der Waals surface area contributed by atoms with Gasteiger partial charge in [0.25, 0.3) is 5.56 Å². The molecule has 21 nitrogen and oxygen atoms in total. The van der Waals surface area contributed by atoms with Gasteiger partial charge in [0.1, 0.15) is 48.5 Å². The molecule has 2 bridgehead atoms. The van der Waals surface area contributed by atoms with Crippen molar-refractivity contribution in [1.82, 2.24) is 39.0 Å². The minimum atomic E-state index is -4.73. The SMILES string of the molecule is CC(C)(C)C(=O)OCSP1(=O)OC[C@H]2O[C@@H](n3cnc4c(N)ncnc43)[C@H](F)[C@@H]2OCP(=O)(O)OC[C@H]2O[C@@H](n3cnc4c(=O)[nH]cnc43)[C@H](O1)[C@@H]2F. The molecule has 4 aromatic heterocycles. The fourth-order valence-corrected chi connectivity index (χ4v) is 9.28. The lowest BCUT2D eigenvalue weighted by molar-refractivity contribution is -0.150. The largest absolute Gasteiger partial charge is 0.454 e. The van der Waals surface area contributed by atoms with Gasteiger partial charge in [-0.2, -0.15) is 0 Å². The van der Waals surface area contributed by atoms with Crippen molar-refractivity contribution in [3.63, 3.8) is 0 Å². The van der Waals surface area contributed by atoms with Crippen molar-refractivity contribution in [2.45, 2.75) is 70.0 Å². The smallest absolute Gasteiger partial charge is 0.393 e. The van der Waals surface area contributed by atoms with Gasteiger partial charge in [0.05, 0.1) is 37.6 Å². The summed E-state index contributed by atoms with van der Waals surface area (Å²) in [6.07, 6.45) is -10.5. The number of hydrogen-bond acceptors (Lipinski definition) is 18. The van der Waals surface area contributed by atoms with Crippen LogP contribution in [0.3, 0.4) is 0 Å². The van der Waals surface area contributed by atoms with Crippen LogP contribution in [0.15, 0.2) is 30.1 Å². The van der Waals surface area contributed by atoms with E-state index in [1.54, 1.807) is 20.8 Å². The number of nitrogens with zero attached hydrogens (tertiary/aromatic N) is 7. The fourth-order valence-electron chi connectivity index (χ4n) is 5.70. The van der Waals surface area contributed by atoms with E-state index in [-0.39, 0.29) is 28.1 Å². The van der Waals surface area contributed by atoms with Crippen molar-refractivity contribution in [1.29, 1.82) is 0 Å². The summed E-state index contributed by atoms with van der Waals surface area (Å²) in [5.74, 6) is -1.24. The molecule has 10 atom stereocenters. The van der Waals surface area contributed by atoms with Crippen LogP contribution in [0.25, 0.3) is 22.3 Å². The van der Waals surface area contributed by atoms with Gasteiger partial charge in [0, 0.05) is 11.4 Å². The van der Waals surface area contributed by atoms with Crippen LogP contribution in [0.1, 0.15) is 33.2 Å². The van der Waals surface area contributed by atoms with Crippen molar-refractivity contribution in [2.24, 2.45) is 5.41 Å². The van der Waals surface area contributed by atoms with Crippen LogP contribution in [-0.2, 0) is 46.4 Å². The Hall–Kier alpha value is -3.44. The topological polar surface area (TPSA) is 269 Å². The molecule has 4 aromatic rings. The number of esters is 1. The first-order valence-corrected chi connectivity index (χ1v) is 20.7. The zero-order valence-corrected chi connectivity index (χ0v) is 30.6. The number of H-pyrrole nitrogens is 1. The second-order valence-electron chi connectivity index (χ2n) is 13.1. The van der Waals surface area contributed by atoms with Gasteiger partial charge in [0.15, 0.2) is 47.4 Å². The summed E-state index contributed by atoms with van der Waals surface area (Å²) >= 11 is 0.384. The van der Waals surface area contributed by atoms with E-state index in [1.807, 2.05) is 0 Å². The summed E-state index contributed by atoms with van der Waals surface area (Å²) in [5, 5.41) is 0. The maximum atomic E-state index is 16.3. The molecule has 2 unspecified atom stereocenters. The number of alkyl halides is 2. The van der Waals surface area contributed by atoms with Crippen LogP contribution < -0.4 is 11.3 Å². The number of ether oxygens (including phenoxy) is 4. The molecule has 0 saturated carbocycles. The number of halogens is 2. The molecule has 288 valence electrons. The number of fused-ring (bicyclic) bond motifs is 5. The van der Waals surface area contributed by atoms with E-state index in [1.165, 1.54) is 10.9 Å². The summed E-state index contributed by atoms with van der Waals surface area (Å²) in [4.78, 5) is 58.1. The molecule has 7 rings (SSSR count). The minimum Gasteiger partial charge on any atom is -0.454 e. The molecule has 3 saturated heterocycles. The van der Waals surface area contributed by atoms with Gasteiger partial charge in [-0.1, -0.05) is 0 Å². The van der Waals surface area contributed by atoms with Gasteiger partial charge < -0.3 is 39.1 Å². The van der Waals surface area contributed by atoms with Gasteiger partial charge >= 0.3 is 20.4 Å². The second kappa shape index (κ2) is 14.3. The number of imidazole rings is 2. The summed E-state index contributed by atoms with van der Waals surface area (Å²) in [6, 6.07) is 0. The van der Waals surface area contributed by atoms with E-state index < -0.39 is 106 Å². The van der Waals surface area contributed by atoms with E-state index in [0.717, 1.165) is 23.5 Å². The highest BCUT2D eigenvalue weighted by Gasteiger charge is 2.54. The van der Waals surface area contributed by atoms with Gasteiger partial charge in [0.2, 0.25) is 0 Å². The normalized spacial score (nSPS) is 34.2. The quantitative estimate of drug-likeness (QED) is 0.148. The van der Waals surface area contributed by atoms with E-state index in [9.17, 15) is 23.6 Å². The highest BCUT2D eigenvalue weighted by molar-refractivity contribution is 8.55. The molecule has 0 spiro atoms. The molecule has 4 N–H and O–H groups in total. The maximum Gasteiger partial charge on any atom is 0.393 e. The van der Waals surface area contributed by atoms with Gasteiger partial charge in [-0.15, -0.1) is 0 Å². The number of nitrogen functional groups attached to an aromatic ring is 1. The Kier molecular flexibility index (Phi) is 10.2. The molecule has 0 amide bonds. The first-order valence-electron chi connectivity index (χ1n) is 15.8. The Morgan fingerprint density at radius 1 is 1.00 bits per heavy atom. The van der Waals surface area contributed by atoms with E-state index in [0.29, 0.717) is 11.4 Å². The van der Waals surface area contributed by atoms with Crippen molar-refractivity contribution < 1.29 is 60.1 Å². The predicted octanol–water partition coefficient (Wildman–Crippen LogP) is 2.36. The molecule has 53 heavy (non-hydrogen) atoms. The van der Waals surface area contributed by atoms with Crippen LogP contribution in [-0.4, -0.2) is 112 Å². The monoisotopic (exact) mass is 807 g/mol. The lowest BCUT2D eigenvalue weighted by Gasteiger charge is -2.28. The lowest BCUT2D eigenvalue weighted by atomic mass is 9.98. The summed E-state index contributed by atoms with van der Waals surface area (Å²) in [6.45, 7) is -1.50. The Balaban J connectivity index is 1.23. The highest BCUT2D eigenvalue weighted by Crippen LogP contribution is 2.64. The number of nitrogens with one attached hydrogen (secondary N) is 1. The Bertz CT molecular complexity index is 2170. The van der Waals surface area contributed by atoms with Gasteiger partial charge in [-0.3, -0.25) is 32.3 Å². The number of hydrogen-bond donors (Lipinski definition) is 3. The van der Waals surface area contributed by atoms with E-state index in [4.69, 9.17) is 38.3 Å². The van der Waals surface area contributed by atoms with Crippen LogP contribution >= 0.6 is 25.8 Å². The standard InChI is InChI=1S/C27H33F2N9O12P2S/c1-27(2,3)26(40)45-11-53-52(43)47-5-13-18(15(29)24(49-13)37-8-35-16-20(30)31-6-32-21(16)37)44-10-51(41,42)46-4-12-14(28)19(50-52)25(48-12)38-9-36-17-22(38)33-7-34-23(17)39/h6-9,12-15,18-19,24-25H,4-5,10-11H2,1-3H3,(H,41,42)(H2,30,31,32)(H,33,34,39)/t12-,13-,14-,15-,18-,19-,24-,25-,52?/m1/s1. The number of carbonyl (C=O) groups excluding carboxylic acids is 1. The third kappa shape index (κ3) is 7.49. The molecule has 0 aromatic carbocycles. The average molecular weight is 808 g/mol. The third-order valence-corrected chi connectivity index (χ3v) is 12.7. The van der Waals surface area contributed by atoms with E-state index >= 15 is 8.78 Å². The van der Waals surface area contributed by atoms with Crippen LogP contribution in [0.4, 0.5) is 14.6 Å². The van der Waals surface area contributed by atoms with Gasteiger partial charge in [-0.25, -0.2) is 38.3 Å². The summed E-state index contributed by atoms with van der Waals surface area (Å²) < 4.78 is 102. The van der Waals surface area contributed by atoms with Crippen molar-refractivity contribution in [3.8, 4) is 0 Å². The number of aromatic nitrogens is 8. The second-order valence-corrected chi connectivity index (χ2v) is 18.9. The molecule has 3 aliphatic heterocycles. The van der Waals surface area contributed by atoms with Crippen LogP contribution in [0, 0.1) is 5.41 Å². The van der Waals surface area contributed by atoms with E-state index in [2.05, 4.69) is 29.9 Å². The summed E-state index contributed by atoms with van der Waals surface area (Å²) in [7, 11) is -4.73. The predicted molar refractivity (Wildman–Crippen MR) is 177 cm³/mol. The molecular weight excluding hydrogens is 774 g/mol. The molecule has 0 radical (unpaired) electrons. The van der Waals surface area contributed by atoms with Crippen molar-refractivity contribution in [3.05, 3.63) is 35.7 Å². The zero-order valence-electron chi connectivity index (χ0n) is 28.0. The van der Waals surface area contributed by atoms with Crippen molar-refractivity contribution in [2.75, 3.05) is 31.2 Å².